The lowest BCUT2D eigenvalue weighted by Gasteiger charge is -2.10. The molecule has 0 radical (unpaired) electrons. The average molecular weight is 322 g/mol. The van der Waals surface area contributed by atoms with Gasteiger partial charge in [0.05, 0.1) is 23.3 Å². The summed E-state index contributed by atoms with van der Waals surface area (Å²) in [6.07, 6.45) is 0.895. The highest BCUT2D eigenvalue weighted by Gasteiger charge is 2.14. The molecule has 112 valence electrons. The Balaban J connectivity index is 2.60. The summed E-state index contributed by atoms with van der Waals surface area (Å²) in [5.74, 6) is 0.335. The van der Waals surface area contributed by atoms with Crippen molar-refractivity contribution in [2.24, 2.45) is 0 Å². The van der Waals surface area contributed by atoms with E-state index in [1.807, 2.05) is 0 Å². The third kappa shape index (κ3) is 5.34. The standard InChI is InChI=1S/C12H16ClNO5S/c1-9-7-10(2)12(8-11(9)14(15)16)19-5-3-4-6-20(13,17)18/h7-8H,3-6H2,1-2H3. The minimum Gasteiger partial charge on any atom is -0.493 e. The van der Waals surface area contributed by atoms with Gasteiger partial charge in [-0.05, 0) is 38.3 Å². The second kappa shape index (κ2) is 6.90. The lowest BCUT2D eigenvalue weighted by Crippen LogP contribution is -2.04. The summed E-state index contributed by atoms with van der Waals surface area (Å²) in [6.45, 7) is 3.75. The van der Waals surface area contributed by atoms with Crippen LogP contribution in [0.25, 0.3) is 0 Å². The monoisotopic (exact) mass is 321 g/mol. The number of nitrogens with zero attached hydrogens (tertiary/aromatic N) is 1. The minimum absolute atomic E-state index is 0.00827. The van der Waals surface area contributed by atoms with Crippen molar-refractivity contribution >= 4 is 25.4 Å². The number of benzene rings is 1. The molecule has 0 fully saturated rings. The molecule has 0 aromatic heterocycles. The zero-order valence-corrected chi connectivity index (χ0v) is 12.8. The van der Waals surface area contributed by atoms with Crippen molar-refractivity contribution in [1.82, 2.24) is 0 Å². The lowest BCUT2D eigenvalue weighted by molar-refractivity contribution is -0.385. The molecule has 1 aromatic rings. The summed E-state index contributed by atoms with van der Waals surface area (Å²) in [6, 6.07) is 3.08. The molecule has 0 bridgehead atoms. The summed E-state index contributed by atoms with van der Waals surface area (Å²) in [5.41, 5.74) is 1.39. The van der Waals surface area contributed by atoms with Crippen molar-refractivity contribution in [2.45, 2.75) is 26.7 Å². The first-order valence-electron chi connectivity index (χ1n) is 6.01. The molecule has 0 aliphatic heterocycles. The van der Waals surface area contributed by atoms with Gasteiger partial charge < -0.3 is 4.74 Å². The van der Waals surface area contributed by atoms with Crippen LogP contribution in [0.15, 0.2) is 12.1 Å². The predicted octanol–water partition coefficient (Wildman–Crippen LogP) is 2.94. The number of ether oxygens (including phenoxy) is 1. The summed E-state index contributed by atoms with van der Waals surface area (Å²) in [5, 5.41) is 10.8. The molecule has 0 aliphatic carbocycles. The van der Waals surface area contributed by atoms with Crippen molar-refractivity contribution in [3.8, 4) is 5.75 Å². The Bertz CT molecular complexity index is 600. The number of hydrogen-bond donors (Lipinski definition) is 0. The van der Waals surface area contributed by atoms with Crippen LogP contribution in [0.2, 0.25) is 0 Å². The van der Waals surface area contributed by atoms with E-state index in [0.717, 1.165) is 5.56 Å². The van der Waals surface area contributed by atoms with E-state index in [4.69, 9.17) is 15.4 Å². The van der Waals surface area contributed by atoms with Gasteiger partial charge in [0.2, 0.25) is 9.05 Å². The molecule has 0 unspecified atom stereocenters. The maximum atomic E-state index is 10.8. The van der Waals surface area contributed by atoms with Crippen LogP contribution in [-0.4, -0.2) is 25.7 Å². The lowest BCUT2D eigenvalue weighted by atomic mass is 10.1. The highest BCUT2D eigenvalue weighted by atomic mass is 35.7. The number of hydrogen-bond acceptors (Lipinski definition) is 5. The van der Waals surface area contributed by atoms with Crippen LogP contribution >= 0.6 is 10.7 Å². The molecule has 20 heavy (non-hydrogen) atoms. The Kier molecular flexibility index (Phi) is 5.76. The van der Waals surface area contributed by atoms with Gasteiger partial charge in [-0.25, -0.2) is 8.42 Å². The summed E-state index contributed by atoms with van der Waals surface area (Å²) >= 11 is 0. The first-order valence-corrected chi connectivity index (χ1v) is 8.49. The second-order valence-electron chi connectivity index (χ2n) is 4.46. The van der Waals surface area contributed by atoms with E-state index in [9.17, 15) is 18.5 Å². The largest absolute Gasteiger partial charge is 0.493 e. The van der Waals surface area contributed by atoms with E-state index in [1.54, 1.807) is 19.9 Å². The van der Waals surface area contributed by atoms with E-state index in [1.165, 1.54) is 6.07 Å². The van der Waals surface area contributed by atoms with Gasteiger partial charge in [0.1, 0.15) is 5.75 Å². The molecule has 0 N–H and O–H groups in total. The molecule has 0 saturated heterocycles. The van der Waals surface area contributed by atoms with Gasteiger partial charge in [0.15, 0.2) is 0 Å². The van der Waals surface area contributed by atoms with Gasteiger partial charge in [-0.15, -0.1) is 0 Å². The third-order valence-corrected chi connectivity index (χ3v) is 3.97. The van der Waals surface area contributed by atoms with E-state index < -0.39 is 14.0 Å². The van der Waals surface area contributed by atoms with Crippen LogP contribution in [0, 0.1) is 24.0 Å². The number of rotatable bonds is 7. The highest BCUT2D eigenvalue weighted by molar-refractivity contribution is 8.13. The third-order valence-electron chi connectivity index (χ3n) is 2.73. The molecule has 0 spiro atoms. The van der Waals surface area contributed by atoms with Gasteiger partial charge >= 0.3 is 0 Å². The van der Waals surface area contributed by atoms with Crippen LogP contribution in [0.5, 0.6) is 5.75 Å². The number of halogens is 1. The quantitative estimate of drug-likeness (QED) is 0.333. The molecule has 0 amide bonds. The predicted molar refractivity (Wildman–Crippen MR) is 76.9 cm³/mol. The van der Waals surface area contributed by atoms with E-state index in [-0.39, 0.29) is 18.0 Å². The first-order chi connectivity index (χ1) is 9.20. The Hall–Kier alpha value is -1.34. The maximum absolute atomic E-state index is 10.8. The number of aryl methyl sites for hydroxylation is 2. The number of nitro benzene ring substituents is 1. The Labute approximate surface area is 122 Å². The fraction of sp³-hybridized carbons (Fsp3) is 0.500. The Morgan fingerprint density at radius 2 is 1.90 bits per heavy atom. The molecule has 0 aliphatic rings. The second-order valence-corrected chi connectivity index (χ2v) is 7.36. The zero-order chi connectivity index (χ0) is 15.3. The Morgan fingerprint density at radius 1 is 1.25 bits per heavy atom. The molecule has 1 rings (SSSR count). The van der Waals surface area contributed by atoms with Gasteiger partial charge in [0.25, 0.3) is 5.69 Å². The van der Waals surface area contributed by atoms with Crippen molar-refractivity contribution in [3.63, 3.8) is 0 Å². The summed E-state index contributed by atoms with van der Waals surface area (Å²) < 4.78 is 26.9. The zero-order valence-electron chi connectivity index (χ0n) is 11.3. The van der Waals surface area contributed by atoms with Crippen molar-refractivity contribution in [2.75, 3.05) is 12.4 Å². The van der Waals surface area contributed by atoms with Crippen molar-refractivity contribution in [3.05, 3.63) is 33.4 Å². The van der Waals surface area contributed by atoms with Gasteiger partial charge in [0, 0.05) is 16.2 Å². The van der Waals surface area contributed by atoms with E-state index in [0.29, 0.717) is 24.2 Å². The minimum atomic E-state index is -3.47. The van der Waals surface area contributed by atoms with Crippen LogP contribution < -0.4 is 4.74 Å². The van der Waals surface area contributed by atoms with Crippen LogP contribution in [0.3, 0.4) is 0 Å². The summed E-state index contributed by atoms with van der Waals surface area (Å²) in [7, 11) is 1.61. The van der Waals surface area contributed by atoms with Crippen LogP contribution in [0.1, 0.15) is 24.0 Å². The molecule has 0 heterocycles. The van der Waals surface area contributed by atoms with Gasteiger partial charge in [-0.1, -0.05) is 0 Å². The molecule has 0 saturated carbocycles. The first kappa shape index (κ1) is 16.7. The Morgan fingerprint density at radius 3 is 2.45 bits per heavy atom. The molecular weight excluding hydrogens is 306 g/mol. The van der Waals surface area contributed by atoms with Crippen molar-refractivity contribution < 1.29 is 18.1 Å². The van der Waals surface area contributed by atoms with E-state index >= 15 is 0 Å². The summed E-state index contributed by atoms with van der Waals surface area (Å²) in [4.78, 5) is 10.4. The number of unbranched alkanes of at least 4 members (excludes halogenated alkanes) is 1. The molecule has 8 heteroatoms. The molecule has 0 atom stereocenters. The normalized spacial score (nSPS) is 11.3. The van der Waals surface area contributed by atoms with Crippen molar-refractivity contribution in [1.29, 1.82) is 0 Å². The maximum Gasteiger partial charge on any atom is 0.276 e. The van der Waals surface area contributed by atoms with Gasteiger partial charge in [-0.2, -0.15) is 0 Å². The molecular formula is C12H16ClNO5S. The number of nitro groups is 1. The average Bonchev–Trinajstić information content (AvgIpc) is 2.29. The fourth-order valence-corrected chi connectivity index (χ4v) is 2.61. The smallest absolute Gasteiger partial charge is 0.276 e. The molecule has 6 nitrogen and oxygen atoms in total. The fourth-order valence-electron chi connectivity index (χ4n) is 1.73. The van der Waals surface area contributed by atoms with Gasteiger partial charge in [-0.3, -0.25) is 10.1 Å². The van der Waals surface area contributed by atoms with E-state index in [2.05, 4.69) is 0 Å². The SMILES string of the molecule is Cc1cc(C)c([N+](=O)[O-])cc1OCCCCS(=O)(=O)Cl. The molecule has 1 aromatic carbocycles. The van der Waals surface area contributed by atoms with Crippen LogP contribution in [0.4, 0.5) is 5.69 Å². The topological polar surface area (TPSA) is 86.5 Å². The van der Waals surface area contributed by atoms with Crippen LogP contribution in [-0.2, 0) is 9.05 Å². The highest BCUT2D eigenvalue weighted by Crippen LogP contribution is 2.28.